The third-order valence-corrected chi connectivity index (χ3v) is 3.23. The van der Waals surface area contributed by atoms with Crippen LogP contribution in [0.4, 0.5) is 0 Å². The maximum Gasteiger partial charge on any atom is 0.134 e. The first kappa shape index (κ1) is 11.1. The van der Waals surface area contributed by atoms with E-state index in [4.69, 9.17) is 4.74 Å². The minimum absolute atomic E-state index is 0.0295. The van der Waals surface area contributed by atoms with Gasteiger partial charge in [-0.2, -0.15) is 0 Å². The maximum atomic E-state index is 5.71. The van der Waals surface area contributed by atoms with Gasteiger partial charge in [-0.25, -0.2) is 0 Å². The molecule has 0 aromatic heterocycles. The Hall–Kier alpha value is -0.380. The summed E-state index contributed by atoms with van der Waals surface area (Å²) < 4.78 is 6.81. The molecule has 1 heterocycles. The molecule has 0 spiro atoms. The smallest absolute Gasteiger partial charge is 0.134 e. The third kappa shape index (κ3) is 2.80. The third-order valence-electron chi connectivity index (χ3n) is 2.71. The molecule has 2 rings (SSSR count). The van der Waals surface area contributed by atoms with Crippen LogP contribution in [0.2, 0.25) is 0 Å². The minimum atomic E-state index is 0.0295. The highest BCUT2D eigenvalue weighted by atomic mass is 79.9. The molecule has 82 valence electrons. The lowest BCUT2D eigenvalue weighted by molar-refractivity contribution is -0.0409. The highest BCUT2D eigenvalue weighted by Crippen LogP contribution is 2.26. The second-order valence-corrected chi connectivity index (χ2v) is 5.50. The number of hydrogen-bond acceptors (Lipinski definition) is 2. The summed E-state index contributed by atoms with van der Waals surface area (Å²) in [6, 6.07) is 8.26. The van der Waals surface area contributed by atoms with Gasteiger partial charge in [-0.05, 0) is 38.0 Å². The maximum absolute atomic E-state index is 5.71. The molecule has 1 aromatic carbocycles. The van der Waals surface area contributed by atoms with Crippen LogP contribution in [-0.2, 0) is 4.74 Å². The molecule has 0 amide bonds. The van der Waals surface area contributed by atoms with E-state index >= 15 is 0 Å². The first-order valence-corrected chi connectivity index (χ1v) is 6.01. The van der Waals surface area contributed by atoms with Gasteiger partial charge in [0.2, 0.25) is 0 Å². The highest BCUT2D eigenvalue weighted by molar-refractivity contribution is 9.10. The van der Waals surface area contributed by atoms with Gasteiger partial charge in [0, 0.05) is 10.0 Å². The SMILES string of the molecule is CC1(C)CCOC(c2ccc(Br)cc2)N1. The Balaban J connectivity index is 2.13. The Morgan fingerprint density at radius 1 is 1.33 bits per heavy atom. The topological polar surface area (TPSA) is 21.3 Å². The van der Waals surface area contributed by atoms with Gasteiger partial charge in [0.1, 0.15) is 6.23 Å². The number of halogens is 1. The molecule has 0 saturated carbocycles. The Bertz CT molecular complexity index is 334. The van der Waals surface area contributed by atoms with Crippen LogP contribution in [0.5, 0.6) is 0 Å². The van der Waals surface area contributed by atoms with Crippen molar-refractivity contribution in [2.45, 2.75) is 32.0 Å². The van der Waals surface area contributed by atoms with Gasteiger partial charge < -0.3 is 4.74 Å². The van der Waals surface area contributed by atoms with Crippen LogP contribution in [0.3, 0.4) is 0 Å². The normalized spacial score (nSPS) is 25.1. The number of benzene rings is 1. The first-order chi connectivity index (χ1) is 7.07. The van der Waals surface area contributed by atoms with Crippen molar-refractivity contribution >= 4 is 15.9 Å². The molecule has 1 saturated heterocycles. The van der Waals surface area contributed by atoms with Gasteiger partial charge in [0.25, 0.3) is 0 Å². The molecule has 1 N–H and O–H groups in total. The lowest BCUT2D eigenvalue weighted by Crippen LogP contribution is -2.47. The lowest BCUT2D eigenvalue weighted by Gasteiger charge is -2.37. The summed E-state index contributed by atoms with van der Waals surface area (Å²) in [7, 11) is 0. The second kappa shape index (κ2) is 4.24. The fourth-order valence-corrected chi connectivity index (χ4v) is 1.98. The Morgan fingerprint density at radius 2 is 2.00 bits per heavy atom. The van der Waals surface area contributed by atoms with Crippen LogP contribution in [0.1, 0.15) is 32.1 Å². The summed E-state index contributed by atoms with van der Waals surface area (Å²) >= 11 is 3.43. The predicted octanol–water partition coefficient (Wildman–Crippen LogP) is 3.24. The fourth-order valence-electron chi connectivity index (χ4n) is 1.72. The van der Waals surface area contributed by atoms with Crippen molar-refractivity contribution in [2.75, 3.05) is 6.61 Å². The van der Waals surface area contributed by atoms with Crippen molar-refractivity contribution in [2.24, 2.45) is 0 Å². The molecule has 2 nitrogen and oxygen atoms in total. The second-order valence-electron chi connectivity index (χ2n) is 4.58. The first-order valence-electron chi connectivity index (χ1n) is 5.22. The molecule has 1 fully saturated rings. The van der Waals surface area contributed by atoms with Crippen LogP contribution in [-0.4, -0.2) is 12.1 Å². The van der Waals surface area contributed by atoms with Crippen LogP contribution < -0.4 is 5.32 Å². The van der Waals surface area contributed by atoms with Gasteiger partial charge in [0.05, 0.1) is 6.61 Å². The molecular formula is C12H16BrNO. The monoisotopic (exact) mass is 269 g/mol. The van der Waals surface area contributed by atoms with E-state index in [0.717, 1.165) is 17.5 Å². The molecule has 0 aliphatic carbocycles. The van der Waals surface area contributed by atoms with Gasteiger partial charge in [0.15, 0.2) is 0 Å². The van der Waals surface area contributed by atoms with Gasteiger partial charge in [-0.15, -0.1) is 0 Å². The molecule has 1 unspecified atom stereocenters. The minimum Gasteiger partial charge on any atom is -0.359 e. The molecule has 15 heavy (non-hydrogen) atoms. The van der Waals surface area contributed by atoms with E-state index < -0.39 is 0 Å². The zero-order valence-corrected chi connectivity index (χ0v) is 10.7. The number of nitrogens with one attached hydrogen (secondary N) is 1. The molecule has 3 heteroatoms. The van der Waals surface area contributed by atoms with Gasteiger partial charge in [-0.1, -0.05) is 28.1 Å². The zero-order chi connectivity index (χ0) is 10.9. The van der Waals surface area contributed by atoms with Crippen LogP contribution in [0.25, 0.3) is 0 Å². The Morgan fingerprint density at radius 3 is 2.60 bits per heavy atom. The molecule has 1 atom stereocenters. The standard InChI is InChI=1S/C12H16BrNO/c1-12(2)7-8-15-11(14-12)9-3-5-10(13)6-4-9/h3-6,11,14H,7-8H2,1-2H3. The molecule has 1 aromatic rings. The predicted molar refractivity (Wildman–Crippen MR) is 64.7 cm³/mol. The molecule has 0 radical (unpaired) electrons. The van der Waals surface area contributed by atoms with Crippen molar-refractivity contribution in [1.82, 2.24) is 5.32 Å². The van der Waals surface area contributed by atoms with E-state index in [2.05, 4.69) is 47.2 Å². The average Bonchev–Trinajstić information content (AvgIpc) is 2.17. The average molecular weight is 270 g/mol. The molecule has 1 aliphatic heterocycles. The van der Waals surface area contributed by atoms with Crippen molar-refractivity contribution in [3.8, 4) is 0 Å². The van der Waals surface area contributed by atoms with Crippen molar-refractivity contribution < 1.29 is 4.74 Å². The van der Waals surface area contributed by atoms with E-state index in [1.165, 1.54) is 5.56 Å². The van der Waals surface area contributed by atoms with E-state index in [0.29, 0.717) is 0 Å². The summed E-state index contributed by atoms with van der Waals surface area (Å²) in [6.07, 6.45) is 1.09. The zero-order valence-electron chi connectivity index (χ0n) is 9.09. The summed E-state index contributed by atoms with van der Waals surface area (Å²) in [5.74, 6) is 0. The van der Waals surface area contributed by atoms with Crippen LogP contribution in [0, 0.1) is 0 Å². The van der Waals surface area contributed by atoms with E-state index in [1.807, 2.05) is 12.1 Å². The number of rotatable bonds is 1. The van der Waals surface area contributed by atoms with Crippen molar-refractivity contribution in [3.05, 3.63) is 34.3 Å². The van der Waals surface area contributed by atoms with Gasteiger partial charge in [-0.3, -0.25) is 5.32 Å². The van der Waals surface area contributed by atoms with Crippen LogP contribution in [0.15, 0.2) is 28.7 Å². The summed E-state index contributed by atoms with van der Waals surface area (Å²) in [4.78, 5) is 0. The summed E-state index contributed by atoms with van der Waals surface area (Å²) in [5, 5.41) is 3.49. The van der Waals surface area contributed by atoms with Gasteiger partial charge >= 0.3 is 0 Å². The Kier molecular flexibility index (Phi) is 3.14. The van der Waals surface area contributed by atoms with Crippen LogP contribution >= 0.6 is 15.9 Å². The summed E-state index contributed by atoms with van der Waals surface area (Å²) in [6.45, 7) is 5.24. The number of hydrogen-bond donors (Lipinski definition) is 1. The van der Waals surface area contributed by atoms with E-state index in [1.54, 1.807) is 0 Å². The van der Waals surface area contributed by atoms with E-state index in [9.17, 15) is 0 Å². The van der Waals surface area contributed by atoms with Crippen molar-refractivity contribution in [1.29, 1.82) is 0 Å². The quantitative estimate of drug-likeness (QED) is 0.845. The fraction of sp³-hybridized carbons (Fsp3) is 0.500. The molecular weight excluding hydrogens is 254 g/mol. The summed E-state index contributed by atoms with van der Waals surface area (Å²) in [5.41, 5.74) is 1.35. The molecule has 0 bridgehead atoms. The largest absolute Gasteiger partial charge is 0.359 e. The van der Waals surface area contributed by atoms with E-state index in [-0.39, 0.29) is 11.8 Å². The van der Waals surface area contributed by atoms with Crippen molar-refractivity contribution in [3.63, 3.8) is 0 Å². The lowest BCUT2D eigenvalue weighted by atomic mass is 9.98. The number of ether oxygens (including phenoxy) is 1. The molecule has 1 aliphatic rings. The highest BCUT2D eigenvalue weighted by Gasteiger charge is 2.28. The Labute approximate surface area is 99.1 Å².